The molecule has 1 N–H and O–H groups in total. The summed E-state index contributed by atoms with van der Waals surface area (Å²) in [5.41, 5.74) is 3.88. The first-order chi connectivity index (χ1) is 12.9. The van der Waals surface area contributed by atoms with Crippen LogP contribution in [0, 0.1) is 11.7 Å². The third kappa shape index (κ3) is 4.58. The second-order valence-corrected chi connectivity index (χ2v) is 6.95. The van der Waals surface area contributed by atoms with Crippen molar-refractivity contribution in [2.24, 2.45) is 5.92 Å². The van der Waals surface area contributed by atoms with Crippen molar-refractivity contribution in [2.75, 3.05) is 5.43 Å². The van der Waals surface area contributed by atoms with Gasteiger partial charge in [0.25, 0.3) is 5.56 Å². The molecule has 0 unspecified atom stereocenters. The predicted molar refractivity (Wildman–Crippen MR) is 104 cm³/mol. The van der Waals surface area contributed by atoms with Gasteiger partial charge in [-0.1, -0.05) is 38.1 Å². The van der Waals surface area contributed by atoms with Crippen molar-refractivity contribution < 1.29 is 9.18 Å². The molecule has 1 heterocycles. The second-order valence-electron chi connectivity index (χ2n) is 6.95. The number of aromatic nitrogens is 2. The van der Waals surface area contributed by atoms with Gasteiger partial charge in [0.2, 0.25) is 5.91 Å². The SMILES string of the molecule is CC(C)Cc1nc2ccccc2c(=O)n1NC(=O)CCc1ccc(F)cc1. The number of nitrogens with zero attached hydrogens (tertiary/aromatic N) is 2. The van der Waals surface area contributed by atoms with E-state index < -0.39 is 0 Å². The molecule has 0 fully saturated rings. The van der Waals surface area contributed by atoms with Crippen molar-refractivity contribution in [1.29, 1.82) is 0 Å². The van der Waals surface area contributed by atoms with Gasteiger partial charge in [-0.3, -0.25) is 15.0 Å². The van der Waals surface area contributed by atoms with E-state index in [9.17, 15) is 14.0 Å². The molecule has 27 heavy (non-hydrogen) atoms. The highest BCUT2D eigenvalue weighted by atomic mass is 19.1. The maximum absolute atomic E-state index is 13.0. The molecule has 3 rings (SSSR count). The lowest BCUT2D eigenvalue weighted by Crippen LogP contribution is -2.37. The molecule has 6 heteroatoms. The smallest absolute Gasteiger partial charge is 0.273 e. The lowest BCUT2D eigenvalue weighted by atomic mass is 10.1. The Kier molecular flexibility index (Phi) is 5.64. The zero-order valence-electron chi connectivity index (χ0n) is 15.4. The topological polar surface area (TPSA) is 64.0 Å². The number of para-hydroxylation sites is 1. The highest BCUT2D eigenvalue weighted by molar-refractivity contribution is 5.84. The van der Waals surface area contributed by atoms with E-state index in [4.69, 9.17) is 0 Å². The molecular formula is C21H22FN3O2. The minimum absolute atomic E-state index is 0.187. The minimum atomic E-state index is -0.310. The number of amides is 1. The second kappa shape index (κ2) is 8.12. The number of benzene rings is 2. The molecule has 0 bridgehead atoms. The summed E-state index contributed by atoms with van der Waals surface area (Å²) in [6, 6.07) is 13.1. The van der Waals surface area contributed by atoms with Gasteiger partial charge in [0, 0.05) is 12.8 Å². The Hall–Kier alpha value is -3.02. The normalized spacial score (nSPS) is 11.1. The van der Waals surface area contributed by atoms with Gasteiger partial charge in [0.1, 0.15) is 11.6 Å². The van der Waals surface area contributed by atoms with Crippen LogP contribution in [-0.2, 0) is 17.6 Å². The van der Waals surface area contributed by atoms with Crippen LogP contribution in [0.15, 0.2) is 53.3 Å². The molecule has 0 aliphatic rings. The molecule has 2 aromatic carbocycles. The third-order valence-electron chi connectivity index (χ3n) is 4.23. The van der Waals surface area contributed by atoms with Crippen LogP contribution in [0.3, 0.4) is 0 Å². The summed E-state index contributed by atoms with van der Waals surface area (Å²) < 4.78 is 14.2. The van der Waals surface area contributed by atoms with Gasteiger partial charge < -0.3 is 0 Å². The van der Waals surface area contributed by atoms with Gasteiger partial charge in [-0.05, 0) is 42.2 Å². The Labute approximate surface area is 156 Å². The fourth-order valence-electron chi connectivity index (χ4n) is 2.89. The lowest BCUT2D eigenvalue weighted by molar-refractivity contribution is -0.117. The molecule has 1 aromatic heterocycles. The number of hydrogen-bond donors (Lipinski definition) is 1. The number of fused-ring (bicyclic) bond motifs is 1. The zero-order chi connectivity index (χ0) is 19.4. The summed E-state index contributed by atoms with van der Waals surface area (Å²) in [6.45, 7) is 4.06. The lowest BCUT2D eigenvalue weighted by Gasteiger charge is -2.15. The van der Waals surface area contributed by atoms with Crippen LogP contribution in [0.4, 0.5) is 4.39 Å². The van der Waals surface area contributed by atoms with Crippen molar-refractivity contribution in [1.82, 2.24) is 9.66 Å². The van der Waals surface area contributed by atoms with Crippen LogP contribution in [0.1, 0.15) is 31.7 Å². The molecule has 0 atom stereocenters. The Balaban J connectivity index is 1.83. The number of rotatable bonds is 6. The quantitative estimate of drug-likeness (QED) is 0.726. The first kappa shape index (κ1) is 18.8. The molecule has 0 radical (unpaired) electrons. The number of halogens is 1. The summed E-state index contributed by atoms with van der Waals surface area (Å²) in [5.74, 6) is 0.211. The zero-order valence-corrected chi connectivity index (χ0v) is 15.4. The number of hydrogen-bond acceptors (Lipinski definition) is 3. The van der Waals surface area contributed by atoms with Crippen LogP contribution >= 0.6 is 0 Å². The van der Waals surface area contributed by atoms with Gasteiger partial charge in [-0.15, -0.1) is 0 Å². The van der Waals surface area contributed by atoms with Gasteiger partial charge in [-0.25, -0.2) is 14.1 Å². The van der Waals surface area contributed by atoms with Crippen molar-refractivity contribution in [3.05, 3.63) is 76.1 Å². The monoisotopic (exact) mass is 367 g/mol. The highest BCUT2D eigenvalue weighted by Gasteiger charge is 2.14. The standard InChI is InChI=1S/C21H22FN3O2/c1-14(2)13-19-23-18-6-4-3-5-17(18)21(27)25(19)24-20(26)12-9-15-7-10-16(22)11-8-15/h3-8,10-11,14H,9,12-13H2,1-2H3,(H,24,26). The van der Waals surface area contributed by atoms with E-state index in [0.717, 1.165) is 5.56 Å². The number of carbonyl (C=O) groups is 1. The molecule has 0 spiro atoms. The van der Waals surface area contributed by atoms with E-state index in [1.165, 1.54) is 16.8 Å². The molecule has 0 aliphatic carbocycles. The van der Waals surface area contributed by atoms with Crippen LogP contribution in [0.2, 0.25) is 0 Å². The van der Waals surface area contributed by atoms with Crippen LogP contribution in [0.25, 0.3) is 10.9 Å². The van der Waals surface area contributed by atoms with Crippen LogP contribution in [0.5, 0.6) is 0 Å². The Morgan fingerprint density at radius 3 is 2.56 bits per heavy atom. The molecule has 1 amide bonds. The van der Waals surface area contributed by atoms with E-state index in [2.05, 4.69) is 10.4 Å². The van der Waals surface area contributed by atoms with Crippen LogP contribution < -0.4 is 11.0 Å². The summed E-state index contributed by atoms with van der Waals surface area (Å²) in [6.07, 6.45) is 1.21. The molecule has 3 aromatic rings. The van der Waals surface area contributed by atoms with Gasteiger partial charge >= 0.3 is 0 Å². The molecule has 0 aliphatic heterocycles. The van der Waals surface area contributed by atoms with E-state index >= 15 is 0 Å². The first-order valence-electron chi connectivity index (χ1n) is 8.99. The Morgan fingerprint density at radius 1 is 1.15 bits per heavy atom. The van der Waals surface area contributed by atoms with Gasteiger partial charge in [-0.2, -0.15) is 0 Å². The van der Waals surface area contributed by atoms with Crippen molar-refractivity contribution in [3.8, 4) is 0 Å². The average molecular weight is 367 g/mol. The molecule has 5 nitrogen and oxygen atoms in total. The molecule has 140 valence electrons. The minimum Gasteiger partial charge on any atom is -0.273 e. The van der Waals surface area contributed by atoms with E-state index in [-0.39, 0.29) is 29.6 Å². The maximum atomic E-state index is 13.0. The summed E-state index contributed by atoms with van der Waals surface area (Å²) in [7, 11) is 0. The summed E-state index contributed by atoms with van der Waals surface area (Å²) in [4.78, 5) is 29.8. The van der Waals surface area contributed by atoms with E-state index in [1.54, 1.807) is 30.3 Å². The van der Waals surface area contributed by atoms with E-state index in [0.29, 0.717) is 29.6 Å². The van der Waals surface area contributed by atoms with Crippen molar-refractivity contribution >= 4 is 16.8 Å². The Morgan fingerprint density at radius 2 is 1.85 bits per heavy atom. The maximum Gasteiger partial charge on any atom is 0.280 e. The molecule has 0 saturated heterocycles. The van der Waals surface area contributed by atoms with E-state index in [1.807, 2.05) is 19.9 Å². The average Bonchev–Trinajstić information content (AvgIpc) is 2.64. The van der Waals surface area contributed by atoms with Crippen LogP contribution in [-0.4, -0.2) is 15.6 Å². The highest BCUT2D eigenvalue weighted by Crippen LogP contribution is 2.11. The molecular weight excluding hydrogens is 345 g/mol. The Bertz CT molecular complexity index is 1010. The molecule has 0 saturated carbocycles. The van der Waals surface area contributed by atoms with Gasteiger partial charge in [0.05, 0.1) is 10.9 Å². The summed E-state index contributed by atoms with van der Waals surface area (Å²) in [5, 5.41) is 0.462. The fourth-order valence-corrected chi connectivity index (χ4v) is 2.89. The first-order valence-corrected chi connectivity index (χ1v) is 8.99. The fraction of sp³-hybridized carbons (Fsp3) is 0.286. The number of carbonyl (C=O) groups excluding carboxylic acids is 1. The third-order valence-corrected chi connectivity index (χ3v) is 4.23. The van der Waals surface area contributed by atoms with Crippen molar-refractivity contribution in [2.45, 2.75) is 33.1 Å². The number of aryl methyl sites for hydroxylation is 1. The largest absolute Gasteiger partial charge is 0.280 e. The summed E-state index contributed by atoms with van der Waals surface area (Å²) >= 11 is 0. The number of nitrogens with one attached hydrogen (secondary N) is 1. The predicted octanol–water partition coefficient (Wildman–Crippen LogP) is 3.44. The van der Waals surface area contributed by atoms with Gasteiger partial charge in [0.15, 0.2) is 0 Å². The van der Waals surface area contributed by atoms with Crippen molar-refractivity contribution in [3.63, 3.8) is 0 Å².